The molecule has 31 heavy (non-hydrogen) atoms. The number of rotatable bonds is 8. The average Bonchev–Trinajstić information content (AvgIpc) is 2.75. The van der Waals surface area contributed by atoms with E-state index in [2.05, 4.69) is 10.0 Å². The first-order valence-corrected chi connectivity index (χ1v) is 11.4. The number of amides is 1. The predicted molar refractivity (Wildman–Crippen MR) is 122 cm³/mol. The van der Waals surface area contributed by atoms with Gasteiger partial charge in [0.15, 0.2) is 6.61 Å². The van der Waals surface area contributed by atoms with Gasteiger partial charge in [0, 0.05) is 11.7 Å². The molecule has 0 bridgehead atoms. The molecular weight excluding hydrogens is 412 g/mol. The molecule has 0 unspecified atom stereocenters. The predicted octanol–water partition coefficient (Wildman–Crippen LogP) is 4.36. The van der Waals surface area contributed by atoms with E-state index in [9.17, 15) is 13.2 Å². The van der Waals surface area contributed by atoms with E-state index in [0.29, 0.717) is 5.75 Å². The molecule has 1 atom stereocenters. The van der Waals surface area contributed by atoms with Crippen LogP contribution >= 0.6 is 0 Å². The first-order chi connectivity index (χ1) is 14.7. The Morgan fingerprint density at radius 1 is 0.968 bits per heavy atom. The first-order valence-electron chi connectivity index (χ1n) is 9.92. The highest BCUT2D eigenvalue weighted by Gasteiger charge is 2.18. The van der Waals surface area contributed by atoms with Crippen LogP contribution in [-0.2, 0) is 14.8 Å². The minimum atomic E-state index is -3.69. The highest BCUT2D eigenvalue weighted by molar-refractivity contribution is 7.89. The van der Waals surface area contributed by atoms with Crippen LogP contribution in [0.15, 0.2) is 77.7 Å². The van der Waals surface area contributed by atoms with Gasteiger partial charge in [-0.15, -0.1) is 0 Å². The van der Waals surface area contributed by atoms with Crippen molar-refractivity contribution in [2.45, 2.75) is 31.7 Å². The summed E-state index contributed by atoms with van der Waals surface area (Å²) in [6.07, 6.45) is 0. The Morgan fingerprint density at radius 3 is 2.32 bits per heavy atom. The van der Waals surface area contributed by atoms with Crippen LogP contribution in [0.1, 0.15) is 29.7 Å². The molecule has 7 heteroatoms. The maximum absolute atomic E-state index is 12.6. The zero-order valence-electron chi connectivity index (χ0n) is 17.8. The summed E-state index contributed by atoms with van der Waals surface area (Å²) in [7, 11) is -3.69. The SMILES string of the molecule is Cc1ccc(C)c(NC(=O)COc2ccc(S(=O)(=O)N[C@@H](C)c3ccccc3)cc2)c1. The second-order valence-corrected chi connectivity index (χ2v) is 9.09. The monoisotopic (exact) mass is 438 g/mol. The maximum atomic E-state index is 12.6. The molecule has 2 N–H and O–H groups in total. The summed E-state index contributed by atoms with van der Waals surface area (Å²) in [6, 6.07) is 20.8. The number of ether oxygens (including phenoxy) is 1. The number of carbonyl (C=O) groups excluding carboxylic acids is 1. The van der Waals surface area contributed by atoms with E-state index < -0.39 is 10.0 Å². The van der Waals surface area contributed by atoms with Crippen molar-refractivity contribution in [3.63, 3.8) is 0 Å². The lowest BCUT2D eigenvalue weighted by Gasteiger charge is -2.15. The molecule has 6 nitrogen and oxygen atoms in total. The molecular formula is C24H26N2O4S. The summed E-state index contributed by atoms with van der Waals surface area (Å²) in [6.45, 7) is 5.49. The Hall–Kier alpha value is -3.16. The van der Waals surface area contributed by atoms with Gasteiger partial charge in [0.25, 0.3) is 5.91 Å². The number of aryl methyl sites for hydroxylation is 2. The highest BCUT2D eigenvalue weighted by Crippen LogP contribution is 2.20. The molecule has 0 saturated heterocycles. The Kier molecular flexibility index (Phi) is 7.09. The van der Waals surface area contributed by atoms with Crippen LogP contribution in [0.5, 0.6) is 5.75 Å². The van der Waals surface area contributed by atoms with Crippen molar-refractivity contribution >= 4 is 21.6 Å². The van der Waals surface area contributed by atoms with E-state index in [1.807, 2.05) is 62.4 Å². The lowest BCUT2D eigenvalue weighted by Crippen LogP contribution is -2.26. The van der Waals surface area contributed by atoms with Crippen LogP contribution < -0.4 is 14.8 Å². The fraction of sp³-hybridized carbons (Fsp3) is 0.208. The normalized spacial score (nSPS) is 12.2. The Bertz CT molecular complexity index is 1140. The van der Waals surface area contributed by atoms with Crippen molar-refractivity contribution in [2.24, 2.45) is 0 Å². The molecule has 3 aromatic rings. The zero-order chi connectivity index (χ0) is 22.4. The molecule has 1 amide bonds. The van der Waals surface area contributed by atoms with Gasteiger partial charge in [0.05, 0.1) is 4.90 Å². The van der Waals surface area contributed by atoms with Crippen LogP contribution in [-0.4, -0.2) is 20.9 Å². The Morgan fingerprint density at radius 2 is 1.65 bits per heavy atom. The van der Waals surface area contributed by atoms with Gasteiger partial charge in [-0.3, -0.25) is 4.79 Å². The van der Waals surface area contributed by atoms with Crippen LogP contribution in [0.3, 0.4) is 0 Å². The van der Waals surface area contributed by atoms with Gasteiger partial charge >= 0.3 is 0 Å². The largest absolute Gasteiger partial charge is 0.484 e. The first kappa shape index (κ1) is 22.5. The summed E-state index contributed by atoms with van der Waals surface area (Å²) in [5.41, 5.74) is 3.63. The third-order valence-corrected chi connectivity index (χ3v) is 6.36. The number of carbonyl (C=O) groups is 1. The van der Waals surface area contributed by atoms with E-state index in [1.165, 1.54) is 24.3 Å². The molecule has 0 heterocycles. The topological polar surface area (TPSA) is 84.5 Å². The number of anilines is 1. The van der Waals surface area contributed by atoms with E-state index in [1.54, 1.807) is 6.92 Å². The summed E-state index contributed by atoms with van der Waals surface area (Å²) in [4.78, 5) is 12.3. The van der Waals surface area contributed by atoms with Gasteiger partial charge in [0.1, 0.15) is 5.75 Å². The van der Waals surface area contributed by atoms with E-state index in [0.717, 1.165) is 22.4 Å². The molecule has 0 aliphatic rings. The quantitative estimate of drug-likeness (QED) is 0.547. The molecule has 0 fully saturated rings. The van der Waals surface area contributed by atoms with Crippen LogP contribution in [0, 0.1) is 13.8 Å². The second-order valence-electron chi connectivity index (χ2n) is 7.38. The lowest BCUT2D eigenvalue weighted by atomic mass is 10.1. The lowest BCUT2D eigenvalue weighted by molar-refractivity contribution is -0.118. The Labute approximate surface area is 183 Å². The van der Waals surface area contributed by atoms with Crippen molar-refractivity contribution in [1.29, 1.82) is 0 Å². The van der Waals surface area contributed by atoms with Gasteiger partial charge in [0.2, 0.25) is 10.0 Å². The van der Waals surface area contributed by atoms with Crippen molar-refractivity contribution in [3.05, 3.63) is 89.5 Å². The number of hydrogen-bond donors (Lipinski definition) is 2. The van der Waals surface area contributed by atoms with Crippen LogP contribution in [0.4, 0.5) is 5.69 Å². The summed E-state index contributed by atoms with van der Waals surface area (Å²) >= 11 is 0. The molecule has 3 rings (SSSR count). The molecule has 162 valence electrons. The van der Waals surface area contributed by atoms with Crippen LogP contribution in [0.2, 0.25) is 0 Å². The zero-order valence-corrected chi connectivity index (χ0v) is 18.6. The maximum Gasteiger partial charge on any atom is 0.262 e. The number of sulfonamides is 1. The summed E-state index contributed by atoms with van der Waals surface area (Å²) < 4.78 is 33.4. The number of benzene rings is 3. The van der Waals surface area contributed by atoms with Gasteiger partial charge in [-0.05, 0) is 67.8 Å². The van der Waals surface area contributed by atoms with E-state index in [4.69, 9.17) is 4.74 Å². The van der Waals surface area contributed by atoms with Crippen molar-refractivity contribution in [1.82, 2.24) is 4.72 Å². The van der Waals surface area contributed by atoms with Crippen molar-refractivity contribution in [3.8, 4) is 5.75 Å². The van der Waals surface area contributed by atoms with Gasteiger partial charge in [-0.2, -0.15) is 0 Å². The van der Waals surface area contributed by atoms with Crippen molar-refractivity contribution < 1.29 is 17.9 Å². The van der Waals surface area contributed by atoms with E-state index >= 15 is 0 Å². The van der Waals surface area contributed by atoms with E-state index in [-0.39, 0.29) is 23.5 Å². The number of nitrogens with one attached hydrogen (secondary N) is 2. The molecule has 0 aliphatic heterocycles. The molecule has 0 saturated carbocycles. The molecule has 0 aromatic heterocycles. The Balaban J connectivity index is 1.58. The third-order valence-electron chi connectivity index (χ3n) is 4.80. The van der Waals surface area contributed by atoms with Gasteiger partial charge < -0.3 is 10.1 Å². The van der Waals surface area contributed by atoms with Crippen LogP contribution in [0.25, 0.3) is 0 Å². The molecule has 0 radical (unpaired) electrons. The molecule has 3 aromatic carbocycles. The van der Waals surface area contributed by atoms with Crippen molar-refractivity contribution in [2.75, 3.05) is 11.9 Å². The minimum absolute atomic E-state index is 0.127. The fourth-order valence-corrected chi connectivity index (χ4v) is 4.26. The van der Waals surface area contributed by atoms with Gasteiger partial charge in [-0.25, -0.2) is 13.1 Å². The smallest absolute Gasteiger partial charge is 0.262 e. The fourth-order valence-electron chi connectivity index (χ4n) is 3.03. The number of hydrogen-bond acceptors (Lipinski definition) is 4. The average molecular weight is 439 g/mol. The highest BCUT2D eigenvalue weighted by atomic mass is 32.2. The molecule has 0 spiro atoms. The summed E-state index contributed by atoms with van der Waals surface area (Å²) in [5, 5.41) is 2.82. The van der Waals surface area contributed by atoms with Gasteiger partial charge in [-0.1, -0.05) is 42.5 Å². The summed E-state index contributed by atoms with van der Waals surface area (Å²) in [5.74, 6) is 0.120. The molecule has 0 aliphatic carbocycles. The third kappa shape index (κ3) is 6.16. The second kappa shape index (κ2) is 9.76. The standard InChI is InChI=1S/C24H26N2O4S/c1-17-9-10-18(2)23(15-17)25-24(27)16-30-21-11-13-22(14-12-21)31(28,29)26-19(3)20-7-5-4-6-8-20/h4-15,19,26H,16H2,1-3H3,(H,25,27)/t19-/m0/s1. The minimum Gasteiger partial charge on any atom is -0.484 e.